The highest BCUT2D eigenvalue weighted by Gasteiger charge is 2.17. The van der Waals surface area contributed by atoms with Crippen LogP contribution in [0.15, 0.2) is 24.3 Å². The van der Waals surface area contributed by atoms with Crippen molar-refractivity contribution < 1.29 is 9.53 Å². The van der Waals surface area contributed by atoms with Gasteiger partial charge in [0, 0.05) is 29.5 Å². The zero-order valence-corrected chi connectivity index (χ0v) is 14.4. The van der Waals surface area contributed by atoms with Crippen molar-refractivity contribution in [3.05, 3.63) is 46.2 Å². The van der Waals surface area contributed by atoms with Crippen molar-refractivity contribution in [2.24, 2.45) is 0 Å². The summed E-state index contributed by atoms with van der Waals surface area (Å²) >= 11 is 6.10. The molecule has 0 atom stereocenters. The van der Waals surface area contributed by atoms with E-state index in [0.717, 1.165) is 24.3 Å². The van der Waals surface area contributed by atoms with E-state index in [1.165, 1.54) is 0 Å². The zero-order valence-electron chi connectivity index (χ0n) is 13.7. The van der Waals surface area contributed by atoms with Crippen LogP contribution >= 0.6 is 11.6 Å². The minimum atomic E-state index is -0.282. The van der Waals surface area contributed by atoms with Crippen molar-refractivity contribution in [1.29, 1.82) is 0 Å². The van der Waals surface area contributed by atoms with Gasteiger partial charge in [0.25, 0.3) is 5.91 Å². The molecule has 0 spiro atoms. The van der Waals surface area contributed by atoms with Gasteiger partial charge in [0.05, 0.1) is 13.2 Å². The summed E-state index contributed by atoms with van der Waals surface area (Å²) in [5.41, 5.74) is 2.68. The van der Waals surface area contributed by atoms with Gasteiger partial charge in [0.2, 0.25) is 5.95 Å². The molecule has 1 aromatic carbocycles. The summed E-state index contributed by atoms with van der Waals surface area (Å²) in [6.45, 7) is 6.49. The van der Waals surface area contributed by atoms with E-state index >= 15 is 0 Å². The number of rotatable bonds is 3. The maximum absolute atomic E-state index is 12.5. The number of morpholine rings is 1. The Kier molecular flexibility index (Phi) is 4.97. The summed E-state index contributed by atoms with van der Waals surface area (Å²) in [5.74, 6) is 0.278. The first-order valence-corrected chi connectivity index (χ1v) is 8.16. The van der Waals surface area contributed by atoms with Gasteiger partial charge in [-0.2, -0.15) is 0 Å². The van der Waals surface area contributed by atoms with Crippen LogP contribution in [0.25, 0.3) is 0 Å². The Morgan fingerprint density at radius 2 is 1.96 bits per heavy atom. The second-order valence-electron chi connectivity index (χ2n) is 5.71. The van der Waals surface area contributed by atoms with E-state index in [-0.39, 0.29) is 5.91 Å². The summed E-state index contributed by atoms with van der Waals surface area (Å²) in [4.78, 5) is 23.4. The van der Waals surface area contributed by atoms with Gasteiger partial charge in [0.15, 0.2) is 0 Å². The number of ether oxygens (including phenoxy) is 1. The van der Waals surface area contributed by atoms with Crippen molar-refractivity contribution in [1.82, 2.24) is 9.97 Å². The largest absolute Gasteiger partial charge is 0.378 e. The molecule has 2 aromatic rings. The van der Waals surface area contributed by atoms with Crippen molar-refractivity contribution >= 4 is 29.1 Å². The molecular formula is C17H19ClN4O2. The molecule has 0 aliphatic carbocycles. The normalized spacial score (nSPS) is 14.5. The summed E-state index contributed by atoms with van der Waals surface area (Å²) in [5, 5.41) is 3.44. The van der Waals surface area contributed by atoms with E-state index in [2.05, 4.69) is 15.3 Å². The molecule has 0 radical (unpaired) electrons. The highest BCUT2D eigenvalue weighted by atomic mass is 35.5. The van der Waals surface area contributed by atoms with Crippen LogP contribution in [0.1, 0.15) is 21.7 Å². The summed E-state index contributed by atoms with van der Waals surface area (Å²) in [6.07, 6.45) is 0. The number of nitrogens with one attached hydrogen (secondary N) is 1. The van der Waals surface area contributed by atoms with Crippen molar-refractivity contribution in [3.63, 3.8) is 0 Å². The third-order valence-corrected chi connectivity index (χ3v) is 4.21. The lowest BCUT2D eigenvalue weighted by atomic mass is 10.2. The van der Waals surface area contributed by atoms with Gasteiger partial charge < -0.3 is 15.0 Å². The molecular weight excluding hydrogens is 328 g/mol. The molecule has 7 heteroatoms. The van der Waals surface area contributed by atoms with Gasteiger partial charge in [-0.1, -0.05) is 17.7 Å². The third-order valence-electron chi connectivity index (χ3n) is 3.80. The highest BCUT2D eigenvalue weighted by molar-refractivity contribution is 6.31. The average molecular weight is 347 g/mol. The van der Waals surface area contributed by atoms with Crippen LogP contribution in [0.4, 0.5) is 11.6 Å². The molecule has 3 rings (SSSR count). The van der Waals surface area contributed by atoms with Crippen LogP contribution in [0.2, 0.25) is 5.02 Å². The minimum Gasteiger partial charge on any atom is -0.378 e. The summed E-state index contributed by atoms with van der Waals surface area (Å²) in [6, 6.07) is 7.08. The van der Waals surface area contributed by atoms with Crippen LogP contribution in [-0.4, -0.2) is 42.2 Å². The number of aromatic nitrogens is 2. The quantitative estimate of drug-likeness (QED) is 0.925. The van der Waals surface area contributed by atoms with Gasteiger partial charge >= 0.3 is 0 Å². The summed E-state index contributed by atoms with van der Waals surface area (Å²) in [7, 11) is 0. The highest BCUT2D eigenvalue weighted by Crippen LogP contribution is 2.21. The molecule has 1 N–H and O–H groups in total. The van der Waals surface area contributed by atoms with Crippen LogP contribution in [-0.2, 0) is 4.74 Å². The third kappa shape index (κ3) is 3.83. The van der Waals surface area contributed by atoms with Crippen molar-refractivity contribution in [3.8, 4) is 0 Å². The monoisotopic (exact) mass is 346 g/mol. The molecule has 0 unspecified atom stereocenters. The number of amides is 1. The van der Waals surface area contributed by atoms with E-state index in [1.54, 1.807) is 12.1 Å². The number of carbonyl (C=O) groups is 1. The van der Waals surface area contributed by atoms with Crippen LogP contribution in [0.5, 0.6) is 0 Å². The predicted octanol–water partition coefficient (Wildman–Crippen LogP) is 2.84. The lowest BCUT2D eigenvalue weighted by Crippen LogP contribution is -2.37. The zero-order chi connectivity index (χ0) is 17.1. The Bertz CT molecular complexity index is 760. The number of nitrogens with zero attached hydrogens (tertiary/aromatic N) is 3. The van der Waals surface area contributed by atoms with E-state index in [9.17, 15) is 4.79 Å². The number of hydrogen-bond donors (Lipinski definition) is 1. The standard InChI is InChI=1S/C17H19ClN4O2/c1-11-3-4-13(10-14(11)18)20-16(23)15-9-12(2)19-17(21-15)22-5-7-24-8-6-22/h3-4,9-10H,5-8H2,1-2H3,(H,20,23). The van der Waals surface area contributed by atoms with Crippen molar-refractivity contribution in [2.75, 3.05) is 36.5 Å². The molecule has 2 heterocycles. The molecule has 0 bridgehead atoms. The Morgan fingerprint density at radius 3 is 2.67 bits per heavy atom. The number of aryl methyl sites for hydroxylation is 2. The Morgan fingerprint density at radius 1 is 1.21 bits per heavy atom. The predicted molar refractivity (Wildman–Crippen MR) is 93.9 cm³/mol. The Labute approximate surface area is 145 Å². The maximum atomic E-state index is 12.5. The number of carbonyl (C=O) groups excluding carboxylic acids is 1. The molecule has 126 valence electrons. The molecule has 1 aliphatic rings. The maximum Gasteiger partial charge on any atom is 0.274 e. The fraction of sp³-hybridized carbons (Fsp3) is 0.353. The average Bonchev–Trinajstić information content (AvgIpc) is 2.58. The van der Waals surface area contributed by atoms with Gasteiger partial charge in [-0.3, -0.25) is 4.79 Å². The number of benzene rings is 1. The fourth-order valence-electron chi connectivity index (χ4n) is 2.44. The Hall–Kier alpha value is -2.18. The van der Waals surface area contributed by atoms with Crippen molar-refractivity contribution in [2.45, 2.75) is 13.8 Å². The molecule has 1 aromatic heterocycles. The number of halogens is 1. The van der Waals surface area contributed by atoms with E-state index in [0.29, 0.717) is 35.6 Å². The lowest BCUT2D eigenvalue weighted by Gasteiger charge is -2.27. The second kappa shape index (κ2) is 7.15. The first kappa shape index (κ1) is 16.7. The molecule has 1 saturated heterocycles. The topological polar surface area (TPSA) is 67.4 Å². The molecule has 1 fully saturated rings. The molecule has 0 saturated carbocycles. The van der Waals surface area contributed by atoms with Crippen LogP contribution in [0, 0.1) is 13.8 Å². The summed E-state index contributed by atoms with van der Waals surface area (Å²) < 4.78 is 5.34. The number of hydrogen-bond acceptors (Lipinski definition) is 5. The first-order valence-electron chi connectivity index (χ1n) is 7.79. The van der Waals surface area contributed by atoms with Crippen LogP contribution in [0.3, 0.4) is 0 Å². The minimum absolute atomic E-state index is 0.282. The van der Waals surface area contributed by atoms with Crippen LogP contribution < -0.4 is 10.2 Å². The molecule has 24 heavy (non-hydrogen) atoms. The van der Waals surface area contributed by atoms with Gasteiger partial charge in [-0.15, -0.1) is 0 Å². The van der Waals surface area contributed by atoms with Gasteiger partial charge in [0.1, 0.15) is 5.69 Å². The smallest absolute Gasteiger partial charge is 0.274 e. The fourth-order valence-corrected chi connectivity index (χ4v) is 2.62. The van der Waals surface area contributed by atoms with E-state index in [4.69, 9.17) is 16.3 Å². The second-order valence-corrected chi connectivity index (χ2v) is 6.12. The van der Waals surface area contributed by atoms with E-state index < -0.39 is 0 Å². The lowest BCUT2D eigenvalue weighted by molar-refractivity contribution is 0.102. The number of anilines is 2. The molecule has 6 nitrogen and oxygen atoms in total. The molecule has 1 amide bonds. The van der Waals surface area contributed by atoms with E-state index in [1.807, 2.05) is 30.9 Å². The molecule has 1 aliphatic heterocycles. The Balaban J connectivity index is 1.81. The SMILES string of the molecule is Cc1cc(C(=O)Nc2ccc(C)c(Cl)c2)nc(N2CCOCC2)n1. The van der Waals surface area contributed by atoms with Gasteiger partial charge in [-0.25, -0.2) is 9.97 Å². The van der Waals surface area contributed by atoms with Gasteiger partial charge in [-0.05, 0) is 37.6 Å². The first-order chi connectivity index (χ1) is 11.5.